The summed E-state index contributed by atoms with van der Waals surface area (Å²) in [6.45, 7) is 5.51. The number of benzene rings is 2. The molecule has 0 amide bonds. The summed E-state index contributed by atoms with van der Waals surface area (Å²) in [4.78, 5) is 2.39. The summed E-state index contributed by atoms with van der Waals surface area (Å²) in [5.74, 6) is 0.0164. The van der Waals surface area contributed by atoms with Gasteiger partial charge >= 0.3 is 0 Å². The maximum Gasteiger partial charge on any atom is 0.133 e. The summed E-state index contributed by atoms with van der Waals surface area (Å²) >= 11 is 0. The van der Waals surface area contributed by atoms with E-state index in [4.69, 9.17) is 4.74 Å². The van der Waals surface area contributed by atoms with Gasteiger partial charge in [0.1, 0.15) is 17.4 Å². The first-order chi connectivity index (χ1) is 11.8. The predicted molar refractivity (Wildman–Crippen MR) is 94.0 cm³/mol. The molecule has 0 aliphatic carbocycles. The first-order valence-corrected chi connectivity index (χ1v) is 8.14. The third-order valence-electron chi connectivity index (χ3n) is 4.21. The van der Waals surface area contributed by atoms with E-state index in [-0.39, 0.29) is 5.75 Å². The van der Waals surface area contributed by atoms with Crippen molar-refractivity contribution in [1.29, 1.82) is 5.26 Å². The monoisotopic (exact) mass is 323 g/mol. The molecule has 3 rings (SSSR count). The van der Waals surface area contributed by atoms with Crippen molar-refractivity contribution in [3.05, 3.63) is 48.0 Å². The molecule has 0 bridgehead atoms. The Hall–Kier alpha value is -2.55. The minimum absolute atomic E-state index is 0.0164. The fraction of sp³-hybridized carbons (Fsp3) is 0.316. The molecule has 0 saturated carbocycles. The first kappa shape index (κ1) is 16.3. The fourth-order valence-electron chi connectivity index (χ4n) is 2.85. The summed E-state index contributed by atoms with van der Waals surface area (Å²) in [7, 11) is 0. The quantitative estimate of drug-likeness (QED) is 0.885. The first-order valence-electron chi connectivity index (χ1n) is 8.14. The summed E-state index contributed by atoms with van der Waals surface area (Å²) in [6.07, 6.45) is 0. The van der Waals surface area contributed by atoms with Gasteiger partial charge in [-0.1, -0.05) is 24.3 Å². The molecule has 2 N–H and O–H groups in total. The number of phenols is 1. The number of aromatic hydroxyl groups is 1. The number of hydrogen-bond donors (Lipinski definition) is 2. The fourth-order valence-corrected chi connectivity index (χ4v) is 2.85. The van der Waals surface area contributed by atoms with Crippen LogP contribution >= 0.6 is 0 Å². The molecule has 1 aliphatic rings. The Bertz CT molecular complexity index is 716. The van der Waals surface area contributed by atoms with E-state index in [9.17, 15) is 10.4 Å². The van der Waals surface area contributed by atoms with Crippen molar-refractivity contribution in [1.82, 2.24) is 4.90 Å². The topological polar surface area (TPSA) is 68.5 Å². The molecule has 0 aromatic heterocycles. The van der Waals surface area contributed by atoms with E-state index in [1.807, 2.05) is 30.3 Å². The van der Waals surface area contributed by atoms with Crippen molar-refractivity contribution in [3.63, 3.8) is 0 Å². The van der Waals surface area contributed by atoms with Crippen LogP contribution in [0.3, 0.4) is 0 Å². The van der Waals surface area contributed by atoms with Crippen LogP contribution in [0.1, 0.15) is 5.56 Å². The van der Waals surface area contributed by atoms with E-state index < -0.39 is 0 Å². The smallest absolute Gasteiger partial charge is 0.133 e. The molecule has 0 unspecified atom stereocenters. The molecule has 0 atom stereocenters. The second-order valence-corrected chi connectivity index (χ2v) is 5.77. The molecule has 1 saturated heterocycles. The Balaban J connectivity index is 1.61. The van der Waals surface area contributed by atoms with Crippen LogP contribution < -0.4 is 5.32 Å². The largest absolute Gasteiger partial charge is 0.507 e. The van der Waals surface area contributed by atoms with Crippen LogP contribution in [0.15, 0.2) is 42.5 Å². The minimum atomic E-state index is 0.0164. The van der Waals surface area contributed by atoms with E-state index in [1.165, 1.54) is 6.07 Å². The highest BCUT2D eigenvalue weighted by atomic mass is 16.5. The molecule has 1 aliphatic heterocycles. The van der Waals surface area contributed by atoms with Gasteiger partial charge in [0, 0.05) is 37.4 Å². The van der Waals surface area contributed by atoms with Crippen LogP contribution in [0.2, 0.25) is 0 Å². The predicted octanol–water partition coefficient (Wildman–Crippen LogP) is 2.67. The Morgan fingerprint density at radius 2 is 1.88 bits per heavy atom. The molecule has 1 heterocycles. The van der Waals surface area contributed by atoms with E-state index in [0.717, 1.165) is 56.2 Å². The van der Waals surface area contributed by atoms with E-state index in [2.05, 4.69) is 16.3 Å². The van der Waals surface area contributed by atoms with Crippen LogP contribution in [-0.4, -0.2) is 49.4 Å². The van der Waals surface area contributed by atoms with Crippen LogP contribution in [-0.2, 0) is 4.74 Å². The lowest BCUT2D eigenvalue weighted by Crippen LogP contribution is -2.38. The highest BCUT2D eigenvalue weighted by Crippen LogP contribution is 2.29. The molecule has 1 fully saturated rings. The number of nitriles is 1. The molecule has 0 spiro atoms. The van der Waals surface area contributed by atoms with Crippen molar-refractivity contribution in [2.24, 2.45) is 0 Å². The summed E-state index contributed by atoms with van der Waals surface area (Å²) in [5.41, 5.74) is 3.02. The summed E-state index contributed by atoms with van der Waals surface area (Å²) < 4.78 is 5.34. The van der Waals surface area contributed by atoms with Gasteiger partial charge in [-0.15, -0.1) is 0 Å². The van der Waals surface area contributed by atoms with Crippen molar-refractivity contribution < 1.29 is 9.84 Å². The number of morpholine rings is 1. The zero-order chi connectivity index (χ0) is 16.8. The minimum Gasteiger partial charge on any atom is -0.507 e. The van der Waals surface area contributed by atoms with E-state index in [1.54, 1.807) is 6.07 Å². The molecule has 2 aromatic rings. The summed E-state index contributed by atoms with van der Waals surface area (Å²) in [5, 5.41) is 22.4. The average molecular weight is 323 g/mol. The van der Waals surface area contributed by atoms with Gasteiger partial charge in [0.25, 0.3) is 0 Å². The molecular formula is C19H21N3O2. The Kier molecular flexibility index (Phi) is 5.32. The molecule has 0 radical (unpaired) electrons. The lowest BCUT2D eigenvalue weighted by Gasteiger charge is -2.26. The molecule has 124 valence electrons. The number of hydrogen-bond acceptors (Lipinski definition) is 5. The molecule has 5 heteroatoms. The van der Waals surface area contributed by atoms with Crippen molar-refractivity contribution >= 4 is 5.69 Å². The normalized spacial score (nSPS) is 15.0. The molecule has 24 heavy (non-hydrogen) atoms. The number of phenolic OH excluding ortho intramolecular Hbond substituents is 1. The van der Waals surface area contributed by atoms with E-state index >= 15 is 0 Å². The highest BCUT2D eigenvalue weighted by Gasteiger charge is 2.10. The maximum atomic E-state index is 9.80. The van der Waals surface area contributed by atoms with Gasteiger partial charge in [0.05, 0.1) is 13.2 Å². The van der Waals surface area contributed by atoms with Gasteiger partial charge in [-0.05, 0) is 23.8 Å². The van der Waals surface area contributed by atoms with Crippen LogP contribution in [0, 0.1) is 11.3 Å². The van der Waals surface area contributed by atoms with Gasteiger partial charge < -0.3 is 15.2 Å². The second kappa shape index (κ2) is 7.82. The van der Waals surface area contributed by atoms with Gasteiger partial charge in [0.15, 0.2) is 0 Å². The van der Waals surface area contributed by atoms with Gasteiger partial charge in [-0.3, -0.25) is 4.90 Å². The van der Waals surface area contributed by atoms with Crippen LogP contribution in [0.5, 0.6) is 5.75 Å². The lowest BCUT2D eigenvalue weighted by molar-refractivity contribution is 0.0398. The zero-order valence-corrected chi connectivity index (χ0v) is 13.5. The SMILES string of the molecule is N#Cc1c(O)cccc1-c1ccc(NCCN2CCOCC2)cc1. The molecule has 2 aromatic carbocycles. The number of nitrogens with one attached hydrogen (secondary N) is 1. The third kappa shape index (κ3) is 3.85. The Morgan fingerprint density at radius 1 is 1.12 bits per heavy atom. The van der Waals surface area contributed by atoms with Gasteiger partial charge in [0.2, 0.25) is 0 Å². The second-order valence-electron chi connectivity index (χ2n) is 5.77. The van der Waals surface area contributed by atoms with Crippen LogP contribution in [0.25, 0.3) is 11.1 Å². The van der Waals surface area contributed by atoms with Crippen LogP contribution in [0.4, 0.5) is 5.69 Å². The number of anilines is 1. The van der Waals surface area contributed by atoms with E-state index in [0.29, 0.717) is 5.56 Å². The lowest BCUT2D eigenvalue weighted by atomic mass is 9.99. The van der Waals surface area contributed by atoms with Gasteiger partial charge in [-0.2, -0.15) is 5.26 Å². The zero-order valence-electron chi connectivity index (χ0n) is 13.5. The average Bonchev–Trinajstić information content (AvgIpc) is 2.63. The molecular weight excluding hydrogens is 302 g/mol. The number of ether oxygens (including phenoxy) is 1. The number of rotatable bonds is 5. The van der Waals surface area contributed by atoms with Crippen molar-refractivity contribution in [3.8, 4) is 22.9 Å². The van der Waals surface area contributed by atoms with Crippen molar-refractivity contribution in [2.45, 2.75) is 0 Å². The maximum absolute atomic E-state index is 9.80. The van der Waals surface area contributed by atoms with Gasteiger partial charge in [-0.25, -0.2) is 0 Å². The molecule has 5 nitrogen and oxygen atoms in total. The summed E-state index contributed by atoms with van der Waals surface area (Å²) in [6, 6.07) is 15.1. The standard InChI is InChI=1S/C19H21N3O2/c20-14-18-17(2-1-3-19(18)23)15-4-6-16(7-5-15)21-8-9-22-10-12-24-13-11-22/h1-7,21,23H,8-13H2. The highest BCUT2D eigenvalue weighted by molar-refractivity contribution is 5.74. The Labute approximate surface area is 142 Å². The third-order valence-corrected chi connectivity index (χ3v) is 4.21. The Morgan fingerprint density at radius 3 is 2.58 bits per heavy atom. The number of nitrogens with zero attached hydrogens (tertiary/aromatic N) is 2. The van der Waals surface area contributed by atoms with Crippen molar-refractivity contribution in [2.75, 3.05) is 44.7 Å².